The Kier molecular flexibility index (Phi) is 4.24. The van der Waals surface area contributed by atoms with Crippen LogP contribution in [0.5, 0.6) is 0 Å². The lowest BCUT2D eigenvalue weighted by molar-refractivity contribution is 0.218. The monoisotopic (exact) mass is 265 g/mol. The Morgan fingerprint density at radius 3 is 2.58 bits per heavy atom. The second-order valence-electron chi connectivity index (χ2n) is 4.75. The highest BCUT2D eigenvalue weighted by molar-refractivity contribution is 6.08. The molecule has 1 saturated carbocycles. The molecule has 3 N–H and O–H groups in total. The Labute approximate surface area is 111 Å². The van der Waals surface area contributed by atoms with Crippen molar-refractivity contribution in [2.24, 2.45) is 10.9 Å². The van der Waals surface area contributed by atoms with Gasteiger partial charge in [0.25, 0.3) is 6.43 Å². The van der Waals surface area contributed by atoms with E-state index in [2.05, 4.69) is 4.99 Å². The van der Waals surface area contributed by atoms with Gasteiger partial charge in [0.2, 0.25) is 0 Å². The molecule has 0 amide bonds. The van der Waals surface area contributed by atoms with Crippen molar-refractivity contribution in [3.63, 3.8) is 0 Å². The number of nitrogens with two attached hydrogens (primary N) is 1. The Bertz CT molecular complexity index is 480. The first kappa shape index (κ1) is 13.6. The molecule has 1 aromatic carbocycles. The molecule has 3 nitrogen and oxygen atoms in total. The second kappa shape index (κ2) is 5.91. The number of rotatable bonds is 3. The van der Waals surface area contributed by atoms with Crippen molar-refractivity contribution in [2.45, 2.75) is 32.1 Å². The standard InChI is InChI=1S/C14H17F2N3/c15-14(16)13(18)11-3-1-2-4-12(11)19-10-7-5-9(17)6-8-10/h5-8,11,14,18H,1-4,17H2. The van der Waals surface area contributed by atoms with E-state index in [1.165, 1.54) is 0 Å². The van der Waals surface area contributed by atoms with Crippen molar-refractivity contribution in [1.82, 2.24) is 0 Å². The zero-order chi connectivity index (χ0) is 13.8. The van der Waals surface area contributed by atoms with Crippen LogP contribution in [0, 0.1) is 11.3 Å². The van der Waals surface area contributed by atoms with E-state index in [1.807, 2.05) is 0 Å². The maximum Gasteiger partial charge on any atom is 0.276 e. The lowest BCUT2D eigenvalue weighted by Gasteiger charge is -2.24. The van der Waals surface area contributed by atoms with Crippen LogP contribution in [-0.4, -0.2) is 17.8 Å². The Morgan fingerprint density at radius 1 is 1.26 bits per heavy atom. The minimum atomic E-state index is -2.69. The van der Waals surface area contributed by atoms with E-state index in [1.54, 1.807) is 24.3 Å². The summed E-state index contributed by atoms with van der Waals surface area (Å²) in [5.41, 5.74) is 7.13. The second-order valence-corrected chi connectivity index (χ2v) is 4.75. The third-order valence-electron chi connectivity index (χ3n) is 3.35. The van der Waals surface area contributed by atoms with E-state index in [0.29, 0.717) is 29.9 Å². The topological polar surface area (TPSA) is 62.2 Å². The molecule has 0 bridgehead atoms. The molecule has 0 spiro atoms. The summed E-state index contributed by atoms with van der Waals surface area (Å²) in [6, 6.07) is 6.99. The van der Waals surface area contributed by atoms with Gasteiger partial charge in [-0.15, -0.1) is 0 Å². The number of hydrogen-bond donors (Lipinski definition) is 2. The quantitative estimate of drug-likeness (QED) is 0.633. The predicted molar refractivity (Wildman–Crippen MR) is 73.6 cm³/mol. The third kappa shape index (κ3) is 3.36. The van der Waals surface area contributed by atoms with Crippen LogP contribution >= 0.6 is 0 Å². The molecule has 1 atom stereocenters. The van der Waals surface area contributed by atoms with Gasteiger partial charge in [-0.25, -0.2) is 8.78 Å². The molecule has 1 fully saturated rings. The minimum absolute atomic E-state index is 0.506. The molecule has 19 heavy (non-hydrogen) atoms. The first-order valence-electron chi connectivity index (χ1n) is 6.37. The van der Waals surface area contributed by atoms with E-state index >= 15 is 0 Å². The van der Waals surface area contributed by atoms with Gasteiger partial charge in [-0.3, -0.25) is 4.99 Å². The van der Waals surface area contributed by atoms with Crippen molar-refractivity contribution >= 4 is 22.8 Å². The van der Waals surface area contributed by atoms with Crippen LogP contribution in [0.25, 0.3) is 0 Å². The molecule has 1 aliphatic rings. The molecule has 0 heterocycles. The van der Waals surface area contributed by atoms with Crippen LogP contribution < -0.4 is 5.73 Å². The maximum atomic E-state index is 12.7. The highest BCUT2D eigenvalue weighted by Crippen LogP contribution is 2.27. The summed E-state index contributed by atoms with van der Waals surface area (Å²) in [7, 11) is 0. The van der Waals surface area contributed by atoms with Gasteiger partial charge in [-0.1, -0.05) is 6.42 Å². The Balaban J connectivity index is 2.24. The number of anilines is 1. The van der Waals surface area contributed by atoms with Crippen molar-refractivity contribution < 1.29 is 8.78 Å². The highest BCUT2D eigenvalue weighted by atomic mass is 19.3. The van der Waals surface area contributed by atoms with Gasteiger partial charge in [0, 0.05) is 17.3 Å². The number of halogens is 2. The molecule has 1 unspecified atom stereocenters. The number of alkyl halides is 2. The van der Waals surface area contributed by atoms with Gasteiger partial charge in [0.1, 0.15) is 0 Å². The van der Waals surface area contributed by atoms with Crippen molar-refractivity contribution in [3.05, 3.63) is 24.3 Å². The van der Waals surface area contributed by atoms with Crippen LogP contribution in [0.1, 0.15) is 25.7 Å². The Morgan fingerprint density at radius 2 is 1.95 bits per heavy atom. The fraction of sp³-hybridized carbons (Fsp3) is 0.429. The Hall–Kier alpha value is -1.78. The lowest BCUT2D eigenvalue weighted by atomic mass is 9.84. The van der Waals surface area contributed by atoms with E-state index in [-0.39, 0.29) is 0 Å². The first-order chi connectivity index (χ1) is 9.08. The summed E-state index contributed by atoms with van der Waals surface area (Å²) in [5, 5.41) is 7.52. The van der Waals surface area contributed by atoms with E-state index in [0.717, 1.165) is 12.8 Å². The molecular formula is C14H17F2N3. The van der Waals surface area contributed by atoms with E-state index < -0.39 is 18.1 Å². The fourth-order valence-electron chi connectivity index (χ4n) is 2.33. The number of nitrogens with one attached hydrogen (secondary N) is 1. The molecule has 5 heteroatoms. The summed E-state index contributed by atoms with van der Waals surface area (Å²) in [6.07, 6.45) is 0.405. The van der Waals surface area contributed by atoms with Gasteiger partial charge in [0.15, 0.2) is 0 Å². The molecule has 1 aromatic rings. The summed E-state index contributed by atoms with van der Waals surface area (Å²) in [4.78, 5) is 4.43. The number of nitrogens with zero attached hydrogens (tertiary/aromatic N) is 1. The fourth-order valence-corrected chi connectivity index (χ4v) is 2.33. The molecule has 102 valence electrons. The van der Waals surface area contributed by atoms with Gasteiger partial charge < -0.3 is 11.1 Å². The normalized spacial score (nSPS) is 21.8. The largest absolute Gasteiger partial charge is 0.399 e. The molecule has 2 rings (SSSR count). The van der Waals surface area contributed by atoms with Gasteiger partial charge in [0.05, 0.1) is 11.4 Å². The van der Waals surface area contributed by atoms with Gasteiger partial charge in [-0.2, -0.15) is 0 Å². The van der Waals surface area contributed by atoms with Crippen LogP contribution in [-0.2, 0) is 0 Å². The van der Waals surface area contributed by atoms with Crippen LogP contribution in [0.15, 0.2) is 29.3 Å². The average Bonchev–Trinajstić information content (AvgIpc) is 2.41. The number of hydrogen-bond acceptors (Lipinski definition) is 3. The number of benzene rings is 1. The zero-order valence-corrected chi connectivity index (χ0v) is 10.6. The highest BCUT2D eigenvalue weighted by Gasteiger charge is 2.29. The molecular weight excluding hydrogens is 248 g/mol. The summed E-state index contributed by atoms with van der Waals surface area (Å²) in [5.74, 6) is -0.508. The number of aliphatic imine (C=N–C) groups is 1. The lowest BCUT2D eigenvalue weighted by Crippen LogP contribution is -2.31. The first-order valence-corrected chi connectivity index (χ1v) is 6.37. The summed E-state index contributed by atoms with van der Waals surface area (Å²) in [6.45, 7) is 0. The molecule has 0 aromatic heterocycles. The van der Waals surface area contributed by atoms with E-state index in [4.69, 9.17) is 11.1 Å². The minimum Gasteiger partial charge on any atom is -0.399 e. The average molecular weight is 265 g/mol. The van der Waals surface area contributed by atoms with Crippen molar-refractivity contribution in [1.29, 1.82) is 5.41 Å². The van der Waals surface area contributed by atoms with Gasteiger partial charge in [-0.05, 0) is 43.5 Å². The number of nitrogen functional groups attached to an aromatic ring is 1. The predicted octanol–water partition coefficient (Wildman–Crippen LogP) is 3.82. The molecule has 0 saturated heterocycles. The maximum absolute atomic E-state index is 12.7. The van der Waals surface area contributed by atoms with Crippen molar-refractivity contribution in [3.8, 4) is 0 Å². The summed E-state index contributed by atoms with van der Waals surface area (Å²) >= 11 is 0. The third-order valence-corrected chi connectivity index (χ3v) is 3.35. The van der Waals surface area contributed by atoms with E-state index in [9.17, 15) is 8.78 Å². The molecule has 0 radical (unpaired) electrons. The van der Waals surface area contributed by atoms with Crippen molar-refractivity contribution in [2.75, 3.05) is 5.73 Å². The van der Waals surface area contributed by atoms with Crippen LogP contribution in [0.2, 0.25) is 0 Å². The molecule has 0 aliphatic heterocycles. The smallest absolute Gasteiger partial charge is 0.276 e. The van der Waals surface area contributed by atoms with Crippen LogP contribution in [0.3, 0.4) is 0 Å². The van der Waals surface area contributed by atoms with Gasteiger partial charge >= 0.3 is 0 Å². The SMILES string of the molecule is N=C(C(F)F)C1CCCCC1=Nc1ccc(N)cc1. The molecule has 1 aliphatic carbocycles. The van der Waals surface area contributed by atoms with Crippen LogP contribution in [0.4, 0.5) is 20.2 Å². The summed E-state index contributed by atoms with van der Waals surface area (Å²) < 4.78 is 25.4. The zero-order valence-electron chi connectivity index (χ0n) is 10.6.